The van der Waals surface area contributed by atoms with Crippen LogP contribution < -0.4 is 10.5 Å². The van der Waals surface area contributed by atoms with Crippen LogP contribution in [0, 0.1) is 6.92 Å². The van der Waals surface area contributed by atoms with Gasteiger partial charge in [0.05, 0.1) is 20.8 Å². The topological polar surface area (TPSA) is 101 Å². The fraction of sp³-hybridized carbons (Fsp3) is 0.182. The van der Waals surface area contributed by atoms with Crippen molar-refractivity contribution >= 4 is 50.5 Å². The van der Waals surface area contributed by atoms with Gasteiger partial charge in [-0.2, -0.15) is 13.5 Å². The maximum absolute atomic E-state index is 12.4. The summed E-state index contributed by atoms with van der Waals surface area (Å²) in [6, 6.07) is 2.67. The quantitative estimate of drug-likeness (QED) is 0.721. The lowest BCUT2D eigenvalue weighted by Gasteiger charge is -2.10. The lowest BCUT2D eigenvalue weighted by atomic mass is 10.3. The van der Waals surface area contributed by atoms with Gasteiger partial charge in [-0.05, 0) is 19.1 Å². The molecule has 21 heavy (non-hydrogen) atoms. The van der Waals surface area contributed by atoms with Gasteiger partial charge in [0.25, 0.3) is 10.0 Å². The first-order valence-corrected chi connectivity index (χ1v) is 8.29. The zero-order valence-corrected chi connectivity index (χ0v) is 13.8. The van der Waals surface area contributed by atoms with E-state index in [0.717, 1.165) is 0 Å². The van der Waals surface area contributed by atoms with Crippen molar-refractivity contribution in [3.8, 4) is 0 Å². The summed E-state index contributed by atoms with van der Waals surface area (Å²) in [5, 5.41) is 6.70. The molecule has 0 spiro atoms. The van der Waals surface area contributed by atoms with Crippen LogP contribution in [0.3, 0.4) is 0 Å². The number of aryl methyl sites for hydroxylation is 1. The highest BCUT2D eigenvalue weighted by atomic mass is 35.5. The molecule has 0 atom stereocenters. The third kappa shape index (κ3) is 3.27. The summed E-state index contributed by atoms with van der Waals surface area (Å²) in [4.78, 5) is 0. The highest BCUT2D eigenvalue weighted by Crippen LogP contribution is 2.33. The van der Waals surface area contributed by atoms with Crippen molar-refractivity contribution in [1.82, 2.24) is 10.2 Å². The van der Waals surface area contributed by atoms with Crippen LogP contribution >= 0.6 is 34.8 Å². The van der Waals surface area contributed by atoms with Crippen LogP contribution in [0.15, 0.2) is 17.2 Å². The van der Waals surface area contributed by atoms with E-state index in [2.05, 4.69) is 14.9 Å². The maximum Gasteiger partial charge on any atom is 0.281 e. The van der Waals surface area contributed by atoms with Crippen molar-refractivity contribution in [3.05, 3.63) is 38.5 Å². The second kappa shape index (κ2) is 6.02. The number of aromatic amines is 1. The number of nitrogens with zero attached hydrogens (tertiary/aromatic N) is 1. The standard InChI is InChI=1S/C11H11Cl3N4O2S/c1-5-6(4-15)11(17-16-5)21(19,20)18-10-3-8(13)7(12)2-9(10)14/h2-3,18H,4,15H2,1H3,(H,16,17). The van der Waals surface area contributed by atoms with Gasteiger partial charge in [0.15, 0.2) is 0 Å². The number of rotatable bonds is 4. The fourth-order valence-corrected chi connectivity index (χ4v) is 3.62. The van der Waals surface area contributed by atoms with Gasteiger partial charge < -0.3 is 5.73 Å². The van der Waals surface area contributed by atoms with Crippen LogP contribution in [0.1, 0.15) is 11.3 Å². The number of halogens is 3. The molecule has 0 fully saturated rings. The second-order valence-electron chi connectivity index (χ2n) is 4.19. The van der Waals surface area contributed by atoms with Crippen LogP contribution in [0.4, 0.5) is 5.69 Å². The second-order valence-corrected chi connectivity index (χ2v) is 7.01. The molecule has 0 saturated carbocycles. The third-order valence-corrected chi connectivity index (χ3v) is 5.12. The zero-order valence-electron chi connectivity index (χ0n) is 10.7. The average molecular weight is 370 g/mol. The van der Waals surface area contributed by atoms with E-state index in [1.165, 1.54) is 12.1 Å². The van der Waals surface area contributed by atoms with Gasteiger partial charge in [0.1, 0.15) is 0 Å². The molecule has 0 aliphatic heterocycles. The number of nitrogens with one attached hydrogen (secondary N) is 2. The van der Waals surface area contributed by atoms with Crippen molar-refractivity contribution < 1.29 is 8.42 Å². The Balaban J connectivity index is 2.45. The Morgan fingerprint density at radius 1 is 1.24 bits per heavy atom. The number of hydrogen-bond acceptors (Lipinski definition) is 4. The Morgan fingerprint density at radius 2 is 1.86 bits per heavy atom. The number of anilines is 1. The molecule has 0 bridgehead atoms. The molecule has 10 heteroatoms. The van der Waals surface area contributed by atoms with E-state index in [1.807, 2.05) is 0 Å². The lowest BCUT2D eigenvalue weighted by Crippen LogP contribution is -2.16. The summed E-state index contributed by atoms with van der Waals surface area (Å²) in [7, 11) is -3.95. The van der Waals surface area contributed by atoms with Gasteiger partial charge in [-0.3, -0.25) is 9.82 Å². The summed E-state index contributed by atoms with van der Waals surface area (Å²) >= 11 is 17.6. The molecule has 0 saturated heterocycles. The minimum atomic E-state index is -3.95. The lowest BCUT2D eigenvalue weighted by molar-refractivity contribution is 0.596. The van der Waals surface area contributed by atoms with E-state index in [4.69, 9.17) is 40.5 Å². The molecular formula is C11H11Cl3N4O2S. The van der Waals surface area contributed by atoms with Gasteiger partial charge in [-0.1, -0.05) is 34.8 Å². The highest BCUT2D eigenvalue weighted by Gasteiger charge is 2.24. The first kappa shape index (κ1) is 16.4. The summed E-state index contributed by atoms with van der Waals surface area (Å²) < 4.78 is 27.0. The Bertz CT molecular complexity index is 789. The molecule has 0 aliphatic rings. The minimum absolute atomic E-state index is 0.0354. The molecule has 6 nitrogen and oxygen atoms in total. The molecule has 1 heterocycles. The summed E-state index contributed by atoms with van der Waals surface area (Å²) in [6.45, 7) is 1.72. The Morgan fingerprint density at radius 3 is 2.48 bits per heavy atom. The average Bonchev–Trinajstić information content (AvgIpc) is 2.77. The Labute approximate surface area is 136 Å². The first-order chi connectivity index (χ1) is 9.76. The van der Waals surface area contributed by atoms with E-state index in [1.54, 1.807) is 6.92 Å². The Kier molecular flexibility index (Phi) is 4.69. The first-order valence-electron chi connectivity index (χ1n) is 5.67. The van der Waals surface area contributed by atoms with E-state index in [0.29, 0.717) is 11.3 Å². The van der Waals surface area contributed by atoms with Crippen molar-refractivity contribution in [2.24, 2.45) is 5.73 Å². The van der Waals surface area contributed by atoms with E-state index in [-0.39, 0.29) is 32.3 Å². The monoisotopic (exact) mass is 368 g/mol. The number of benzene rings is 1. The molecule has 2 rings (SSSR count). The number of hydrogen-bond donors (Lipinski definition) is 3. The number of nitrogens with two attached hydrogens (primary N) is 1. The summed E-state index contributed by atoms with van der Waals surface area (Å²) in [5.41, 5.74) is 6.63. The predicted molar refractivity (Wildman–Crippen MR) is 83.5 cm³/mol. The smallest absolute Gasteiger partial charge is 0.281 e. The van der Waals surface area contributed by atoms with Gasteiger partial charge in [-0.25, -0.2) is 0 Å². The SMILES string of the molecule is Cc1[nH]nc(S(=O)(=O)Nc2cc(Cl)c(Cl)cc2Cl)c1CN. The fourth-order valence-electron chi connectivity index (χ4n) is 1.69. The van der Waals surface area contributed by atoms with E-state index < -0.39 is 10.0 Å². The van der Waals surface area contributed by atoms with Crippen LogP contribution in [-0.2, 0) is 16.6 Å². The van der Waals surface area contributed by atoms with Crippen LogP contribution in [0.2, 0.25) is 15.1 Å². The molecule has 0 radical (unpaired) electrons. The van der Waals surface area contributed by atoms with Gasteiger partial charge in [-0.15, -0.1) is 0 Å². The van der Waals surface area contributed by atoms with Gasteiger partial charge in [0, 0.05) is 17.8 Å². The van der Waals surface area contributed by atoms with Crippen LogP contribution in [0.25, 0.3) is 0 Å². The molecule has 1 aromatic carbocycles. The normalized spacial score (nSPS) is 11.7. The molecule has 0 unspecified atom stereocenters. The largest absolute Gasteiger partial charge is 0.326 e. The minimum Gasteiger partial charge on any atom is -0.326 e. The number of aromatic nitrogens is 2. The van der Waals surface area contributed by atoms with E-state index >= 15 is 0 Å². The van der Waals surface area contributed by atoms with Crippen molar-refractivity contribution in [2.45, 2.75) is 18.5 Å². The molecule has 4 N–H and O–H groups in total. The number of sulfonamides is 1. The molecule has 0 aliphatic carbocycles. The van der Waals surface area contributed by atoms with Crippen molar-refractivity contribution in [1.29, 1.82) is 0 Å². The van der Waals surface area contributed by atoms with Gasteiger partial charge >= 0.3 is 0 Å². The Hall–Kier alpha value is -0.990. The number of H-pyrrole nitrogens is 1. The summed E-state index contributed by atoms with van der Waals surface area (Å²) in [5.74, 6) is 0. The maximum atomic E-state index is 12.4. The van der Waals surface area contributed by atoms with E-state index in [9.17, 15) is 8.42 Å². The molecular weight excluding hydrogens is 359 g/mol. The summed E-state index contributed by atoms with van der Waals surface area (Å²) in [6.07, 6.45) is 0. The van der Waals surface area contributed by atoms with Crippen molar-refractivity contribution in [3.63, 3.8) is 0 Å². The molecule has 0 amide bonds. The zero-order chi connectivity index (χ0) is 15.8. The predicted octanol–water partition coefficient (Wildman–Crippen LogP) is 2.94. The van der Waals surface area contributed by atoms with Gasteiger partial charge in [0.2, 0.25) is 5.03 Å². The molecule has 2 aromatic rings. The van der Waals surface area contributed by atoms with Crippen LogP contribution in [-0.4, -0.2) is 18.6 Å². The highest BCUT2D eigenvalue weighted by molar-refractivity contribution is 7.92. The van der Waals surface area contributed by atoms with Crippen molar-refractivity contribution in [2.75, 3.05) is 4.72 Å². The molecule has 114 valence electrons. The molecule has 1 aromatic heterocycles. The third-order valence-electron chi connectivity index (χ3n) is 2.75. The van der Waals surface area contributed by atoms with Crippen LogP contribution in [0.5, 0.6) is 0 Å².